The Morgan fingerprint density at radius 1 is 1.00 bits per heavy atom. The number of rotatable bonds is 13. The number of carbonyl (C=O) groups is 2. The molecule has 3 aromatic carbocycles. The number of methoxy groups -OCH3 is 1. The van der Waals surface area contributed by atoms with E-state index >= 15 is 0 Å². The van der Waals surface area contributed by atoms with E-state index in [1.165, 1.54) is 36.3 Å². The number of aryl methyl sites for hydroxylation is 1. The summed E-state index contributed by atoms with van der Waals surface area (Å²) >= 11 is 6.36. The molecule has 0 aromatic heterocycles. The number of nitrogens with zero attached hydrogens (tertiary/aromatic N) is 2. The largest absolute Gasteiger partial charge is 0.495 e. The molecule has 40 heavy (non-hydrogen) atoms. The van der Waals surface area contributed by atoms with Crippen LogP contribution in [-0.4, -0.2) is 51.4 Å². The molecule has 3 rings (SSSR count). The minimum absolute atomic E-state index is 0.0209. The van der Waals surface area contributed by atoms with Gasteiger partial charge in [-0.15, -0.1) is 0 Å². The number of amides is 2. The second-order valence-corrected chi connectivity index (χ2v) is 11.6. The SMILES string of the molecule is CCCNC(=O)C(CC)N(Cc1ccc(C)cc1)C(=O)CN(c1ccc(OC)c(Cl)c1)S(=O)(=O)c1ccccc1. The van der Waals surface area contributed by atoms with E-state index in [9.17, 15) is 18.0 Å². The zero-order valence-corrected chi connectivity index (χ0v) is 24.8. The van der Waals surface area contributed by atoms with Crippen molar-refractivity contribution in [2.75, 3.05) is 24.5 Å². The molecule has 0 heterocycles. The van der Waals surface area contributed by atoms with Gasteiger partial charge in [0.25, 0.3) is 10.0 Å². The molecule has 0 fully saturated rings. The topological polar surface area (TPSA) is 96.0 Å². The summed E-state index contributed by atoms with van der Waals surface area (Å²) in [5.74, 6) is -0.436. The van der Waals surface area contributed by atoms with Crippen molar-refractivity contribution in [1.82, 2.24) is 10.2 Å². The standard InChI is InChI=1S/C30H36ClN3O5S/c1-5-18-32-30(36)27(6-2)33(20-23-14-12-22(3)13-15-23)29(35)21-34(24-16-17-28(39-4)26(31)19-24)40(37,38)25-10-8-7-9-11-25/h7-17,19,27H,5-6,18,20-21H2,1-4H3,(H,32,36). The molecule has 0 saturated carbocycles. The van der Waals surface area contributed by atoms with Crippen LogP contribution in [0.3, 0.4) is 0 Å². The van der Waals surface area contributed by atoms with Crippen molar-refractivity contribution in [2.24, 2.45) is 0 Å². The number of carbonyl (C=O) groups excluding carboxylic acids is 2. The van der Waals surface area contributed by atoms with Gasteiger partial charge in [0, 0.05) is 13.1 Å². The van der Waals surface area contributed by atoms with Crippen LogP contribution in [0, 0.1) is 6.92 Å². The van der Waals surface area contributed by atoms with Crippen LogP contribution < -0.4 is 14.4 Å². The van der Waals surface area contributed by atoms with Crippen molar-refractivity contribution in [3.63, 3.8) is 0 Å². The maximum absolute atomic E-state index is 14.0. The molecule has 1 N–H and O–H groups in total. The van der Waals surface area contributed by atoms with Crippen LogP contribution in [0.25, 0.3) is 0 Å². The molecular formula is C30H36ClN3O5S. The molecule has 2 amide bonds. The van der Waals surface area contributed by atoms with E-state index in [1.54, 1.807) is 24.3 Å². The number of nitrogens with one attached hydrogen (secondary N) is 1. The lowest BCUT2D eigenvalue weighted by molar-refractivity contribution is -0.140. The third-order valence-electron chi connectivity index (χ3n) is 6.44. The lowest BCUT2D eigenvalue weighted by Crippen LogP contribution is -2.52. The monoisotopic (exact) mass is 585 g/mol. The van der Waals surface area contributed by atoms with Gasteiger partial charge in [-0.25, -0.2) is 8.42 Å². The molecule has 10 heteroatoms. The van der Waals surface area contributed by atoms with E-state index < -0.39 is 28.5 Å². The molecular weight excluding hydrogens is 550 g/mol. The molecule has 0 spiro atoms. The molecule has 0 bridgehead atoms. The first-order chi connectivity index (χ1) is 19.1. The van der Waals surface area contributed by atoms with E-state index in [1.807, 2.05) is 45.0 Å². The molecule has 0 saturated heterocycles. The maximum atomic E-state index is 14.0. The fourth-order valence-corrected chi connectivity index (χ4v) is 5.91. The Balaban J connectivity index is 2.07. The summed E-state index contributed by atoms with van der Waals surface area (Å²) in [7, 11) is -2.72. The van der Waals surface area contributed by atoms with Gasteiger partial charge in [0.1, 0.15) is 18.3 Å². The molecule has 0 aliphatic heterocycles. The number of hydrogen-bond acceptors (Lipinski definition) is 5. The number of ether oxygens (including phenoxy) is 1. The summed E-state index contributed by atoms with van der Waals surface area (Å²) in [5, 5.41) is 3.08. The molecule has 214 valence electrons. The number of sulfonamides is 1. The van der Waals surface area contributed by atoms with Gasteiger partial charge in [0.05, 0.1) is 22.7 Å². The van der Waals surface area contributed by atoms with Crippen molar-refractivity contribution < 1.29 is 22.7 Å². The van der Waals surface area contributed by atoms with E-state index in [0.717, 1.165) is 21.9 Å². The summed E-state index contributed by atoms with van der Waals surface area (Å²) in [6.45, 7) is 5.81. The first-order valence-corrected chi connectivity index (χ1v) is 15.0. The summed E-state index contributed by atoms with van der Waals surface area (Å²) < 4.78 is 34.0. The van der Waals surface area contributed by atoms with Crippen molar-refractivity contribution in [1.29, 1.82) is 0 Å². The molecule has 0 aliphatic carbocycles. The summed E-state index contributed by atoms with van der Waals surface area (Å²) in [6, 6.07) is 19.3. The van der Waals surface area contributed by atoms with Gasteiger partial charge in [0.15, 0.2) is 0 Å². The van der Waals surface area contributed by atoms with Crippen LogP contribution in [0.1, 0.15) is 37.8 Å². The van der Waals surface area contributed by atoms with E-state index in [4.69, 9.17) is 16.3 Å². The molecule has 0 aliphatic rings. The number of anilines is 1. The van der Waals surface area contributed by atoms with Crippen molar-refractivity contribution in [3.05, 3.63) is 88.9 Å². The third kappa shape index (κ3) is 7.55. The Kier molecular flexibility index (Phi) is 11.0. The highest BCUT2D eigenvalue weighted by molar-refractivity contribution is 7.92. The van der Waals surface area contributed by atoms with Gasteiger partial charge in [-0.3, -0.25) is 13.9 Å². The number of benzene rings is 3. The Labute approximate surface area is 241 Å². The Hall–Kier alpha value is -3.56. The third-order valence-corrected chi connectivity index (χ3v) is 8.53. The predicted molar refractivity (Wildman–Crippen MR) is 158 cm³/mol. The normalized spacial score (nSPS) is 11.9. The van der Waals surface area contributed by atoms with Crippen molar-refractivity contribution in [3.8, 4) is 5.75 Å². The van der Waals surface area contributed by atoms with Gasteiger partial charge in [-0.2, -0.15) is 0 Å². The lowest BCUT2D eigenvalue weighted by atomic mass is 10.1. The highest BCUT2D eigenvalue weighted by atomic mass is 35.5. The van der Waals surface area contributed by atoms with E-state index in [2.05, 4.69) is 5.32 Å². The van der Waals surface area contributed by atoms with Gasteiger partial charge in [-0.1, -0.05) is 73.5 Å². The van der Waals surface area contributed by atoms with Gasteiger partial charge >= 0.3 is 0 Å². The average Bonchev–Trinajstić information content (AvgIpc) is 2.95. The van der Waals surface area contributed by atoms with Crippen molar-refractivity contribution in [2.45, 2.75) is 51.1 Å². The fourth-order valence-electron chi connectivity index (χ4n) is 4.23. The lowest BCUT2D eigenvalue weighted by Gasteiger charge is -2.33. The minimum Gasteiger partial charge on any atom is -0.495 e. The maximum Gasteiger partial charge on any atom is 0.264 e. The van der Waals surface area contributed by atoms with Crippen LogP contribution in [-0.2, 0) is 26.2 Å². The minimum atomic E-state index is -4.18. The number of halogens is 1. The highest BCUT2D eigenvalue weighted by Gasteiger charge is 2.33. The Bertz CT molecular complexity index is 1400. The second kappa shape index (κ2) is 14.2. The fraction of sp³-hybridized carbons (Fsp3) is 0.333. The quantitative estimate of drug-likeness (QED) is 0.298. The summed E-state index contributed by atoms with van der Waals surface area (Å²) in [4.78, 5) is 28.7. The first-order valence-electron chi connectivity index (χ1n) is 13.2. The van der Waals surface area contributed by atoms with E-state index in [-0.39, 0.29) is 28.1 Å². The van der Waals surface area contributed by atoms with Gasteiger partial charge < -0.3 is 15.0 Å². The van der Waals surface area contributed by atoms with E-state index in [0.29, 0.717) is 18.7 Å². The van der Waals surface area contributed by atoms with Gasteiger partial charge in [-0.05, 0) is 55.7 Å². The zero-order valence-electron chi connectivity index (χ0n) is 23.3. The van der Waals surface area contributed by atoms with Crippen LogP contribution in [0.15, 0.2) is 77.7 Å². The Morgan fingerprint density at radius 2 is 1.68 bits per heavy atom. The molecule has 1 atom stereocenters. The van der Waals surface area contributed by atoms with Crippen LogP contribution in [0.2, 0.25) is 5.02 Å². The summed E-state index contributed by atoms with van der Waals surface area (Å²) in [6.07, 6.45) is 1.10. The molecule has 0 radical (unpaired) electrons. The second-order valence-electron chi connectivity index (χ2n) is 9.37. The predicted octanol–water partition coefficient (Wildman–Crippen LogP) is 5.19. The zero-order chi connectivity index (χ0) is 29.3. The molecule has 8 nitrogen and oxygen atoms in total. The molecule has 1 unspecified atom stereocenters. The van der Waals surface area contributed by atoms with Crippen LogP contribution >= 0.6 is 11.6 Å². The number of hydrogen-bond donors (Lipinski definition) is 1. The smallest absolute Gasteiger partial charge is 0.264 e. The Morgan fingerprint density at radius 3 is 2.25 bits per heavy atom. The highest BCUT2D eigenvalue weighted by Crippen LogP contribution is 2.32. The first kappa shape index (κ1) is 31.0. The average molecular weight is 586 g/mol. The van der Waals surface area contributed by atoms with Gasteiger partial charge in [0.2, 0.25) is 11.8 Å². The molecule has 3 aromatic rings. The van der Waals surface area contributed by atoms with Crippen molar-refractivity contribution >= 4 is 39.1 Å². The summed E-state index contributed by atoms with van der Waals surface area (Å²) in [5.41, 5.74) is 2.08. The van der Waals surface area contributed by atoms with Crippen LogP contribution in [0.5, 0.6) is 5.75 Å². The van der Waals surface area contributed by atoms with Crippen LogP contribution in [0.4, 0.5) is 5.69 Å².